The maximum absolute atomic E-state index is 4.57. The quantitative estimate of drug-likeness (QED) is 0.153. The predicted octanol–water partition coefficient (Wildman–Crippen LogP) is 23.2. The van der Waals surface area contributed by atoms with E-state index in [-0.39, 0.29) is 24.2 Å². The zero-order chi connectivity index (χ0) is 86.5. The fraction of sp³-hybridized carbons (Fsp3) is 0.423. The predicted molar refractivity (Wildman–Crippen MR) is 500 cm³/mol. The Labute approximate surface area is 733 Å². The number of hydrogen-bond acceptors (Lipinski definition) is 14. The lowest BCUT2D eigenvalue weighted by Gasteiger charge is -2.27. The van der Waals surface area contributed by atoms with Crippen molar-refractivity contribution in [3.8, 4) is 90.1 Å². The molecule has 0 spiro atoms. The second-order valence-electron chi connectivity index (χ2n) is 37.6. The summed E-state index contributed by atoms with van der Waals surface area (Å²) in [6, 6.07) is 70.6. The van der Waals surface area contributed by atoms with Crippen LogP contribution in [0.25, 0.3) is 90.1 Å². The molecule has 0 bridgehead atoms. The fourth-order valence-corrected chi connectivity index (χ4v) is 20.7. The molecule has 0 radical (unpaired) electrons. The maximum Gasteiger partial charge on any atom is 0.123 e. The first-order valence-electron chi connectivity index (χ1n) is 45.8. The van der Waals surface area contributed by atoms with Crippen LogP contribution in [0.4, 0.5) is 11.4 Å². The Kier molecular flexibility index (Phi) is 24.4. The van der Waals surface area contributed by atoms with Crippen molar-refractivity contribution in [2.24, 2.45) is 35.5 Å². The third kappa shape index (κ3) is 16.5. The van der Waals surface area contributed by atoms with Crippen molar-refractivity contribution in [3.05, 3.63) is 250 Å². The van der Waals surface area contributed by atoms with Gasteiger partial charge in [0.1, 0.15) is 22.8 Å². The standard InChI is InChI=1S/2C20H21N3.2C19H20N4.2C13H21N3/c1-13(2)23-20-17-10-5-4-8-15(17)12-14(3)16-9-6-7-11-18(16)19(20)21-22-23;1-13(2)23-20-18-11-7-6-9-16(18)14(3)12-15-8-4-5-10-17(15)19(20)21-22-23;1-13(2)23-19-15-9-5-4-8-14(15)12-22(3)17-11-7-6-10-16(17)18(19)20-21-23;1-13(2)23-19-16-10-6-7-11-17(16)22(3)12-14-8-4-5-9-15(14)18(19)20-21-23;2*1-8(2)16-13-7-5-11-9(3)10(11)4-6-12(13)14-15-16/h2*4-11,13-14H,12H2,1-3H3;2*4-11,13H,12H2,1-3H3;2*8-11H,4-7H2,1-3H3/t;;;;2*9?,10-,11+/m....10/s1. The zero-order valence-corrected chi connectivity index (χ0v) is 76.0. The van der Waals surface area contributed by atoms with Crippen LogP contribution in [0.1, 0.15) is 241 Å². The van der Waals surface area contributed by atoms with Crippen LogP contribution in [0, 0.1) is 35.5 Å². The Morgan fingerprint density at radius 1 is 0.266 bits per heavy atom. The van der Waals surface area contributed by atoms with E-state index in [1.807, 2.05) is 9.36 Å². The summed E-state index contributed by atoms with van der Waals surface area (Å²) in [4.78, 5) is 4.58. The van der Waals surface area contributed by atoms with Gasteiger partial charge in [0.2, 0.25) is 0 Å². The minimum atomic E-state index is 0.260. The number of para-hydroxylation sites is 2. The van der Waals surface area contributed by atoms with Crippen molar-refractivity contribution >= 4 is 11.4 Å². The van der Waals surface area contributed by atoms with Crippen LogP contribution in [0.15, 0.2) is 194 Å². The molecule has 6 aliphatic carbocycles. The highest BCUT2D eigenvalue weighted by Gasteiger charge is 2.48. The van der Waals surface area contributed by atoms with Crippen LogP contribution in [0.5, 0.6) is 0 Å². The van der Waals surface area contributed by atoms with Gasteiger partial charge in [0.25, 0.3) is 0 Å². The summed E-state index contributed by atoms with van der Waals surface area (Å²) < 4.78 is 12.4. The van der Waals surface area contributed by atoms with Crippen molar-refractivity contribution in [1.29, 1.82) is 0 Å². The van der Waals surface area contributed by atoms with Crippen LogP contribution >= 0.6 is 0 Å². The largest absolute Gasteiger partial charge is 0.370 e. The number of nitrogens with zero attached hydrogens (tertiary/aromatic N) is 20. The molecule has 640 valence electrons. The van der Waals surface area contributed by atoms with E-state index in [9.17, 15) is 0 Å². The molecule has 2 fully saturated rings. The molecule has 2 saturated carbocycles. The van der Waals surface area contributed by atoms with Gasteiger partial charge in [-0.2, -0.15) is 0 Å². The van der Waals surface area contributed by atoms with Crippen molar-refractivity contribution in [2.75, 3.05) is 23.9 Å². The average molecular weight is 1650 g/mol. The minimum absolute atomic E-state index is 0.260. The summed E-state index contributed by atoms with van der Waals surface area (Å²) in [6.45, 7) is 37.1. The van der Waals surface area contributed by atoms with E-state index in [0.29, 0.717) is 23.9 Å². The van der Waals surface area contributed by atoms with E-state index >= 15 is 0 Å². The normalized spacial score (nSPS) is 19.4. The second-order valence-corrected chi connectivity index (χ2v) is 37.6. The summed E-state index contributed by atoms with van der Waals surface area (Å²) in [5, 5.41) is 53.4. The molecule has 0 amide bonds. The molecule has 8 atom stereocenters. The summed E-state index contributed by atoms with van der Waals surface area (Å²) in [7, 11) is 4.28. The molecule has 8 aliphatic rings. The third-order valence-corrected chi connectivity index (χ3v) is 27.4. The fourth-order valence-electron chi connectivity index (χ4n) is 20.7. The van der Waals surface area contributed by atoms with Crippen molar-refractivity contribution in [3.63, 3.8) is 0 Å². The van der Waals surface area contributed by atoms with Gasteiger partial charge in [-0.15, -0.1) is 30.6 Å². The summed E-state index contributed by atoms with van der Waals surface area (Å²) in [6.07, 6.45) is 12.1. The van der Waals surface area contributed by atoms with E-state index in [0.717, 1.165) is 125 Å². The Morgan fingerprint density at radius 2 is 0.540 bits per heavy atom. The van der Waals surface area contributed by atoms with Crippen molar-refractivity contribution in [2.45, 2.75) is 236 Å². The Hall–Kier alpha value is -11.8. The van der Waals surface area contributed by atoms with Gasteiger partial charge in [0.15, 0.2) is 0 Å². The third-order valence-electron chi connectivity index (χ3n) is 27.4. The molecule has 6 aromatic heterocycles. The topological polar surface area (TPSA) is 191 Å². The number of benzene rings is 8. The summed E-state index contributed by atoms with van der Waals surface area (Å²) in [5.41, 5.74) is 34.0. The number of hydrogen-bond donors (Lipinski definition) is 0. The number of aromatic nitrogens is 18. The lowest BCUT2D eigenvalue weighted by molar-refractivity contribution is 0.481. The molecule has 0 N–H and O–H groups in total. The van der Waals surface area contributed by atoms with Gasteiger partial charge in [-0.3, -0.25) is 0 Å². The Morgan fingerprint density at radius 3 is 0.976 bits per heavy atom. The van der Waals surface area contributed by atoms with Crippen LogP contribution in [0.3, 0.4) is 0 Å². The highest BCUT2D eigenvalue weighted by Crippen LogP contribution is 2.54. The number of fused-ring (bicyclic) bond motifs is 24. The smallest absolute Gasteiger partial charge is 0.123 e. The molecule has 8 aromatic carbocycles. The van der Waals surface area contributed by atoms with Crippen molar-refractivity contribution in [1.82, 2.24) is 90.0 Å². The second kappa shape index (κ2) is 35.8. The monoisotopic (exact) mass is 1650 g/mol. The molecular weight excluding hydrogens is 1530 g/mol. The highest BCUT2D eigenvalue weighted by atomic mass is 15.5. The van der Waals surface area contributed by atoms with Crippen LogP contribution in [-0.4, -0.2) is 104 Å². The van der Waals surface area contributed by atoms with Gasteiger partial charge < -0.3 is 9.80 Å². The number of aryl methyl sites for hydroxylation is 2. The SMILES string of the molecule is CC(C)n1nnc2c1-c1ccccc1CN(C)c1ccccc1-2.CC(C)n1nnc2c1-c1ccccc1N(C)Cc1ccccc1-2.CC1Cc2ccccc2-c2c(nnn2C(C)C)-c2ccccc21.CC1Cc2ccccc2-c2nnn(C(C)C)c2-c2ccccc21.CC1[C@H]2CCc3c(nnn3C(C)C)CC[C@@H]12.CC1[C@H]2CCc3nnn(C(C)C)c3CC[C@@H]12. The van der Waals surface area contributed by atoms with E-state index in [2.05, 4.69) is 409 Å². The van der Waals surface area contributed by atoms with Crippen molar-refractivity contribution < 1.29 is 0 Å². The van der Waals surface area contributed by atoms with Gasteiger partial charge in [-0.25, -0.2) is 28.1 Å². The Bertz CT molecular complexity index is 5730. The average Bonchev–Trinajstić information content (AvgIpc) is 1.48. The first-order chi connectivity index (χ1) is 60.0. The van der Waals surface area contributed by atoms with Gasteiger partial charge >= 0.3 is 0 Å². The lowest BCUT2D eigenvalue weighted by Crippen LogP contribution is -2.20. The molecule has 22 rings (SSSR count). The van der Waals surface area contributed by atoms with Crippen LogP contribution in [0.2, 0.25) is 0 Å². The maximum atomic E-state index is 4.57. The molecule has 20 heteroatoms. The number of rotatable bonds is 6. The van der Waals surface area contributed by atoms with Crippen LogP contribution < -0.4 is 9.80 Å². The van der Waals surface area contributed by atoms with E-state index < -0.39 is 0 Å². The molecular formula is C104H124N20. The Balaban J connectivity index is 0.000000106. The minimum Gasteiger partial charge on any atom is -0.370 e. The number of anilines is 2. The van der Waals surface area contributed by atoms with Gasteiger partial charge in [-0.05, 0) is 240 Å². The first-order valence-corrected chi connectivity index (χ1v) is 45.8. The highest BCUT2D eigenvalue weighted by molar-refractivity contribution is 5.90. The summed E-state index contributed by atoms with van der Waals surface area (Å²) in [5.74, 6) is 6.80. The lowest BCUT2D eigenvalue weighted by atomic mass is 9.83. The van der Waals surface area contributed by atoms with Crippen LogP contribution in [-0.2, 0) is 51.6 Å². The first kappa shape index (κ1) is 84.4. The molecule has 2 aliphatic heterocycles. The van der Waals surface area contributed by atoms with Gasteiger partial charge in [0, 0.05) is 119 Å². The molecule has 4 unspecified atom stereocenters. The van der Waals surface area contributed by atoms with Gasteiger partial charge in [0.05, 0.1) is 45.6 Å². The zero-order valence-electron chi connectivity index (χ0n) is 76.0. The summed E-state index contributed by atoms with van der Waals surface area (Å²) >= 11 is 0. The van der Waals surface area contributed by atoms with E-state index in [4.69, 9.17) is 0 Å². The molecule has 124 heavy (non-hydrogen) atoms. The molecule has 14 aromatic rings. The van der Waals surface area contributed by atoms with Gasteiger partial charge in [-0.1, -0.05) is 241 Å². The van der Waals surface area contributed by atoms with E-state index in [1.165, 1.54) is 145 Å². The van der Waals surface area contributed by atoms with E-state index in [1.54, 1.807) is 0 Å². The molecule has 8 heterocycles. The molecule has 20 nitrogen and oxygen atoms in total. The molecule has 0 saturated heterocycles.